The average molecular weight is 516 g/mol. The highest BCUT2D eigenvalue weighted by molar-refractivity contribution is 6.29. The number of carbonyl (C=O) groups excluding carboxylic acids is 2. The van der Waals surface area contributed by atoms with E-state index in [9.17, 15) is 29.8 Å². The van der Waals surface area contributed by atoms with E-state index in [1.54, 1.807) is 0 Å². The van der Waals surface area contributed by atoms with Gasteiger partial charge >= 0.3 is 0 Å². The lowest BCUT2D eigenvalue weighted by Crippen LogP contribution is -2.25. The van der Waals surface area contributed by atoms with E-state index in [0.717, 1.165) is 12.1 Å². The third-order valence-electron chi connectivity index (χ3n) is 5.90. The Morgan fingerprint density at radius 1 is 0.605 bits per heavy atom. The molecule has 0 saturated carbocycles. The molecular formula is C26H14F2N4O6. The molecule has 0 fully saturated rings. The third kappa shape index (κ3) is 3.99. The minimum absolute atomic E-state index is 0.0190. The van der Waals surface area contributed by atoms with Crippen LogP contribution in [0.25, 0.3) is 0 Å². The Morgan fingerprint density at radius 2 is 1.00 bits per heavy atom. The monoisotopic (exact) mass is 516 g/mol. The zero-order chi connectivity index (χ0) is 27.1. The number of nitro benzene ring substituents is 2. The fraction of sp³-hybridized carbons (Fsp3) is 0. The lowest BCUT2D eigenvalue weighted by atomic mass is 9.82. The van der Waals surface area contributed by atoms with E-state index in [0.29, 0.717) is 0 Å². The summed E-state index contributed by atoms with van der Waals surface area (Å²) in [6, 6.07) is 15.4. The molecule has 12 heteroatoms. The van der Waals surface area contributed by atoms with Crippen molar-refractivity contribution in [2.45, 2.75) is 0 Å². The molecule has 188 valence electrons. The maximum atomic E-state index is 16.1. The van der Waals surface area contributed by atoms with E-state index < -0.39 is 55.5 Å². The number of anilines is 4. The minimum atomic E-state index is -1.28. The predicted molar refractivity (Wildman–Crippen MR) is 132 cm³/mol. The SMILES string of the molecule is O=C1c2ccccc2C(=O)c2c(F)c(Nc3cccc([N+](=O)[O-])c3)c(Nc3cccc([N+](=O)[O-])c3)c(F)c21. The van der Waals surface area contributed by atoms with Crippen molar-refractivity contribution in [1.82, 2.24) is 0 Å². The van der Waals surface area contributed by atoms with Gasteiger partial charge in [0.25, 0.3) is 11.4 Å². The highest BCUT2D eigenvalue weighted by Crippen LogP contribution is 2.42. The molecule has 0 unspecified atom stereocenters. The molecule has 0 aromatic heterocycles. The van der Waals surface area contributed by atoms with E-state index in [4.69, 9.17) is 0 Å². The van der Waals surface area contributed by atoms with Gasteiger partial charge in [-0.05, 0) is 12.1 Å². The summed E-state index contributed by atoms with van der Waals surface area (Å²) in [5.74, 6) is -4.41. The van der Waals surface area contributed by atoms with E-state index in [1.165, 1.54) is 60.7 Å². The zero-order valence-corrected chi connectivity index (χ0v) is 19.0. The molecular weight excluding hydrogens is 502 g/mol. The van der Waals surface area contributed by atoms with Crippen molar-refractivity contribution in [3.8, 4) is 0 Å². The van der Waals surface area contributed by atoms with Crippen molar-refractivity contribution < 1.29 is 28.2 Å². The summed E-state index contributed by atoms with van der Waals surface area (Å²) in [6.07, 6.45) is 0. The lowest BCUT2D eigenvalue weighted by Gasteiger charge is -2.24. The van der Waals surface area contributed by atoms with Gasteiger partial charge in [-0.25, -0.2) is 8.78 Å². The number of rotatable bonds is 6. The number of hydrogen-bond acceptors (Lipinski definition) is 8. The van der Waals surface area contributed by atoms with Crippen LogP contribution in [0.4, 0.5) is 42.9 Å². The first kappa shape index (κ1) is 24.2. The predicted octanol–water partition coefficient (Wildman–Crippen LogP) is 6.04. The Balaban J connectivity index is 1.74. The smallest absolute Gasteiger partial charge is 0.271 e. The van der Waals surface area contributed by atoms with Gasteiger partial charge in [0, 0.05) is 46.8 Å². The number of ketones is 2. The maximum absolute atomic E-state index is 16.1. The van der Waals surface area contributed by atoms with Crippen LogP contribution in [0, 0.1) is 31.9 Å². The Hall–Kier alpha value is -5.52. The largest absolute Gasteiger partial charge is 0.351 e. The van der Waals surface area contributed by atoms with E-state index in [1.807, 2.05) is 0 Å². The number of nitrogens with one attached hydrogen (secondary N) is 2. The van der Waals surface area contributed by atoms with Crippen molar-refractivity contribution in [1.29, 1.82) is 0 Å². The normalized spacial score (nSPS) is 11.9. The van der Waals surface area contributed by atoms with Crippen LogP contribution in [0.15, 0.2) is 72.8 Å². The quantitative estimate of drug-likeness (QED) is 0.205. The molecule has 0 radical (unpaired) electrons. The second-order valence-electron chi connectivity index (χ2n) is 8.20. The fourth-order valence-corrected chi connectivity index (χ4v) is 4.18. The number of nitro groups is 2. The molecule has 0 heterocycles. The number of fused-ring (bicyclic) bond motifs is 2. The first-order valence-corrected chi connectivity index (χ1v) is 10.9. The molecule has 10 nitrogen and oxygen atoms in total. The maximum Gasteiger partial charge on any atom is 0.271 e. The number of hydrogen-bond donors (Lipinski definition) is 2. The Labute approximate surface area is 211 Å². The van der Waals surface area contributed by atoms with Crippen molar-refractivity contribution in [2.24, 2.45) is 0 Å². The molecule has 0 atom stereocenters. The van der Waals surface area contributed by atoms with Gasteiger partial charge in [-0.15, -0.1) is 0 Å². The van der Waals surface area contributed by atoms with Crippen LogP contribution in [0.5, 0.6) is 0 Å². The lowest BCUT2D eigenvalue weighted by molar-refractivity contribution is -0.385. The molecule has 4 aromatic carbocycles. The van der Waals surface area contributed by atoms with Crippen molar-refractivity contribution in [3.05, 3.63) is 127 Å². The molecule has 0 spiro atoms. The Kier molecular flexibility index (Phi) is 5.84. The van der Waals surface area contributed by atoms with Gasteiger partial charge in [-0.3, -0.25) is 29.8 Å². The molecule has 0 aliphatic heterocycles. The van der Waals surface area contributed by atoms with Crippen molar-refractivity contribution >= 4 is 45.7 Å². The third-order valence-corrected chi connectivity index (χ3v) is 5.90. The number of benzene rings is 4. The van der Waals surface area contributed by atoms with Gasteiger partial charge in [-0.1, -0.05) is 36.4 Å². The van der Waals surface area contributed by atoms with E-state index in [-0.39, 0.29) is 33.9 Å². The molecule has 0 bridgehead atoms. The Morgan fingerprint density at radius 3 is 1.37 bits per heavy atom. The first-order chi connectivity index (χ1) is 18.2. The summed E-state index contributed by atoms with van der Waals surface area (Å²) in [6.45, 7) is 0. The fourth-order valence-electron chi connectivity index (χ4n) is 4.18. The molecule has 4 aromatic rings. The molecule has 1 aliphatic rings. The number of non-ortho nitro benzene ring substituents is 2. The molecule has 38 heavy (non-hydrogen) atoms. The van der Waals surface area contributed by atoms with Crippen LogP contribution >= 0.6 is 0 Å². The summed E-state index contributed by atoms with van der Waals surface area (Å²) >= 11 is 0. The van der Waals surface area contributed by atoms with Gasteiger partial charge in [0.05, 0.1) is 21.0 Å². The van der Waals surface area contributed by atoms with Crippen molar-refractivity contribution in [3.63, 3.8) is 0 Å². The average Bonchev–Trinajstić information content (AvgIpc) is 2.91. The van der Waals surface area contributed by atoms with Crippen molar-refractivity contribution in [2.75, 3.05) is 10.6 Å². The summed E-state index contributed by atoms with van der Waals surface area (Å²) in [5, 5.41) is 27.5. The highest BCUT2D eigenvalue weighted by atomic mass is 19.1. The summed E-state index contributed by atoms with van der Waals surface area (Å²) in [7, 11) is 0. The van der Waals surface area contributed by atoms with Gasteiger partial charge in [-0.2, -0.15) is 0 Å². The second kappa shape index (κ2) is 9.17. The van der Waals surface area contributed by atoms with Crippen LogP contribution in [0.2, 0.25) is 0 Å². The van der Waals surface area contributed by atoms with Gasteiger partial charge in [0.2, 0.25) is 0 Å². The topological polar surface area (TPSA) is 144 Å². The van der Waals surface area contributed by atoms with Crippen LogP contribution in [0.3, 0.4) is 0 Å². The number of carbonyl (C=O) groups is 2. The zero-order valence-electron chi connectivity index (χ0n) is 19.0. The first-order valence-electron chi connectivity index (χ1n) is 10.9. The van der Waals surface area contributed by atoms with Gasteiger partial charge < -0.3 is 10.6 Å². The second-order valence-corrected chi connectivity index (χ2v) is 8.20. The number of nitrogens with zero attached hydrogens (tertiary/aromatic N) is 2. The highest BCUT2D eigenvalue weighted by Gasteiger charge is 2.38. The molecule has 0 amide bonds. The molecule has 1 aliphatic carbocycles. The summed E-state index contributed by atoms with van der Waals surface area (Å²) < 4.78 is 32.2. The van der Waals surface area contributed by atoms with Crippen LogP contribution in [-0.4, -0.2) is 21.4 Å². The van der Waals surface area contributed by atoms with Crippen LogP contribution in [0.1, 0.15) is 31.8 Å². The standard InChI is InChI=1S/C26H14F2N4O6/c27-21-19-20(26(34)18-10-2-1-9-17(18)25(19)33)22(28)24(30-14-6-4-8-16(12-14)32(37)38)23(21)29-13-5-3-7-15(11-13)31(35)36/h1-12,29-30H. The molecule has 5 rings (SSSR count). The number of halogens is 2. The van der Waals surface area contributed by atoms with Crippen LogP contribution in [-0.2, 0) is 0 Å². The van der Waals surface area contributed by atoms with Gasteiger partial charge in [0.15, 0.2) is 23.2 Å². The van der Waals surface area contributed by atoms with Gasteiger partial charge in [0.1, 0.15) is 11.4 Å². The Bertz CT molecular complexity index is 1580. The molecule has 2 N–H and O–H groups in total. The minimum Gasteiger partial charge on any atom is -0.351 e. The molecule has 0 saturated heterocycles. The summed E-state index contributed by atoms with van der Waals surface area (Å²) in [4.78, 5) is 47.4. The van der Waals surface area contributed by atoms with E-state index in [2.05, 4.69) is 10.6 Å². The van der Waals surface area contributed by atoms with E-state index >= 15 is 8.78 Å². The van der Waals surface area contributed by atoms with Crippen LogP contribution < -0.4 is 10.6 Å². The summed E-state index contributed by atoms with van der Waals surface area (Å²) in [5.41, 5.74) is -3.81.